The predicted molar refractivity (Wildman–Crippen MR) is 468 cm³/mol. The average Bonchev–Trinajstić information content (AvgIpc) is 1.57. The van der Waals surface area contributed by atoms with Crippen LogP contribution < -0.4 is 9.80 Å². The van der Waals surface area contributed by atoms with Gasteiger partial charge in [0.05, 0.1) is 33.8 Å². The van der Waals surface area contributed by atoms with Gasteiger partial charge in [0.2, 0.25) is 0 Å². The van der Waals surface area contributed by atoms with Crippen molar-refractivity contribution in [2.24, 2.45) is 0 Å². The van der Waals surface area contributed by atoms with E-state index < -0.39 is 0 Å². The highest BCUT2D eigenvalue weighted by molar-refractivity contribution is 9.10. The first-order chi connectivity index (χ1) is 54.1. The summed E-state index contributed by atoms with van der Waals surface area (Å²) < 4.78 is 3.61. The van der Waals surface area contributed by atoms with Gasteiger partial charge in [0.1, 0.15) is 0 Å². The first-order valence-corrected chi connectivity index (χ1v) is 37.9. The Bertz CT molecular complexity index is 6540. The van der Waals surface area contributed by atoms with Crippen molar-refractivity contribution < 1.29 is 0 Å². The maximum Gasteiger partial charge on any atom is 0.0620 e. The van der Waals surface area contributed by atoms with E-state index in [0.29, 0.717) is 0 Å². The van der Waals surface area contributed by atoms with E-state index in [1.165, 1.54) is 121 Å². The molecule has 516 valence electrons. The molecule has 0 amide bonds. The molecule has 0 aliphatic carbocycles. The lowest BCUT2D eigenvalue weighted by Gasteiger charge is -2.27. The van der Waals surface area contributed by atoms with E-state index in [1.807, 2.05) is 30.3 Å². The summed E-state index contributed by atoms with van der Waals surface area (Å²) in [6.45, 7) is 0. The molecule has 20 aromatic rings. The van der Waals surface area contributed by atoms with Gasteiger partial charge in [-0.05, 0) is 151 Å². The van der Waals surface area contributed by atoms with E-state index in [1.54, 1.807) is 0 Å². The highest BCUT2D eigenvalue weighted by Crippen LogP contribution is 2.49. The average molecular weight is 1460 g/mol. The van der Waals surface area contributed by atoms with Crippen LogP contribution in [0.3, 0.4) is 0 Å². The molecule has 18 aromatic carbocycles. The molecular weight excluding hydrogens is 1390 g/mol. The highest BCUT2D eigenvalue weighted by atomic mass is 79.9. The molecule has 20 rings (SSSR count). The third-order valence-electron chi connectivity index (χ3n) is 20.7. The number of aromatic amines is 1. The Hall–Kier alpha value is -13.8. The van der Waals surface area contributed by atoms with Crippen LogP contribution in [-0.2, 0) is 0 Å². The van der Waals surface area contributed by atoms with E-state index in [9.17, 15) is 0 Å². The van der Waals surface area contributed by atoms with Gasteiger partial charge < -0.3 is 19.4 Å². The topological polar surface area (TPSA) is 27.2 Å². The van der Waals surface area contributed by atoms with Gasteiger partial charge in [0.25, 0.3) is 0 Å². The molecule has 0 aliphatic rings. The summed E-state index contributed by atoms with van der Waals surface area (Å²) in [5.74, 6) is 0. The Labute approximate surface area is 643 Å². The van der Waals surface area contributed by atoms with E-state index >= 15 is 0 Å². The number of anilines is 6. The quantitative estimate of drug-likeness (QED) is 0.125. The Balaban J connectivity index is 0.000000141. The van der Waals surface area contributed by atoms with Crippen molar-refractivity contribution in [2.75, 3.05) is 9.80 Å². The summed E-state index contributed by atoms with van der Waals surface area (Å²) in [5.41, 5.74) is 24.7. The highest BCUT2D eigenvalue weighted by Gasteiger charge is 2.25. The van der Waals surface area contributed by atoms with E-state index in [0.717, 1.165) is 55.5 Å². The number of para-hydroxylation sites is 3. The Morgan fingerprint density at radius 3 is 1.07 bits per heavy atom. The summed E-state index contributed by atoms with van der Waals surface area (Å²) in [6, 6.07) is 156. The number of nitrogens with one attached hydrogen (secondary N) is 1. The fraction of sp³-hybridized carbons (Fsp3) is 0. The third-order valence-corrected chi connectivity index (χ3v) is 21.2. The standard InChI is InChI=1S/C52H36N2.C46H32N2.C6H5Br/c1-5-18-39(19-6-1)50-48-36-35-46-44(28-16-29-47(46)52(48)54(42-25-11-4-12-26-42)51(50)40-20-7-2-8-21-40)38-31-33-43(34-32-38)53(41-23-9-3-10-24-41)49-30-15-22-37-17-13-14-27-45(37)49;1-4-15-34(16-5-1)44-42-31-30-40-38(23-13-24-41(40)46(42)47-45(44)35-17-6-2-7-18-35)33-26-28-37(29-27-33)48(36-20-8-3-9-21-36)43-25-12-19-32-14-10-11-22-39(32)43;7-6-4-2-1-3-5-6/h1-36H;1-31,47H;1-5H. The number of hydrogen-bond donors (Lipinski definition) is 1. The van der Waals surface area contributed by atoms with Crippen molar-refractivity contribution in [3.8, 4) is 72.7 Å². The van der Waals surface area contributed by atoms with Crippen LogP contribution in [0, 0.1) is 0 Å². The smallest absolute Gasteiger partial charge is 0.0620 e. The molecule has 5 heteroatoms. The van der Waals surface area contributed by atoms with Crippen LogP contribution in [0.2, 0.25) is 0 Å². The van der Waals surface area contributed by atoms with Crippen LogP contribution in [0.25, 0.3) is 138 Å². The second kappa shape index (κ2) is 30.3. The zero-order chi connectivity index (χ0) is 72.8. The van der Waals surface area contributed by atoms with E-state index in [-0.39, 0.29) is 0 Å². The van der Waals surface area contributed by atoms with Crippen LogP contribution in [-0.4, -0.2) is 9.55 Å². The molecule has 0 atom stereocenters. The van der Waals surface area contributed by atoms with E-state index in [4.69, 9.17) is 0 Å². The lowest BCUT2D eigenvalue weighted by molar-refractivity contribution is 1.14. The van der Waals surface area contributed by atoms with Gasteiger partial charge in [0, 0.05) is 76.4 Å². The lowest BCUT2D eigenvalue weighted by Crippen LogP contribution is -2.10. The Morgan fingerprint density at radius 1 is 0.229 bits per heavy atom. The number of rotatable bonds is 13. The summed E-state index contributed by atoms with van der Waals surface area (Å²) in [6.07, 6.45) is 0. The minimum absolute atomic E-state index is 1.11. The number of fused-ring (bicyclic) bond motifs is 8. The summed E-state index contributed by atoms with van der Waals surface area (Å²) in [7, 11) is 0. The molecule has 109 heavy (non-hydrogen) atoms. The predicted octanol–water partition coefficient (Wildman–Crippen LogP) is 29.8. The van der Waals surface area contributed by atoms with Crippen molar-refractivity contribution in [2.45, 2.75) is 0 Å². The molecule has 0 saturated carbocycles. The zero-order valence-corrected chi connectivity index (χ0v) is 61.4. The second-order valence-electron chi connectivity index (χ2n) is 27.2. The molecule has 0 saturated heterocycles. The van der Waals surface area contributed by atoms with E-state index in [2.05, 4.69) is 442 Å². The summed E-state index contributed by atoms with van der Waals surface area (Å²) >= 11 is 3.31. The minimum atomic E-state index is 1.11. The molecule has 0 unspecified atom stereocenters. The molecule has 0 bridgehead atoms. The molecule has 4 nitrogen and oxygen atoms in total. The first kappa shape index (κ1) is 67.1. The van der Waals surface area contributed by atoms with Gasteiger partial charge in [-0.15, -0.1) is 0 Å². The number of aromatic nitrogens is 2. The fourth-order valence-corrected chi connectivity index (χ4v) is 16.1. The molecular formula is C104H73BrN4. The van der Waals surface area contributed by atoms with Crippen molar-refractivity contribution in [3.05, 3.63) is 441 Å². The lowest BCUT2D eigenvalue weighted by atomic mass is 9.94. The summed E-state index contributed by atoms with van der Waals surface area (Å²) in [4.78, 5) is 8.59. The van der Waals surface area contributed by atoms with Crippen molar-refractivity contribution in [1.82, 2.24) is 9.55 Å². The van der Waals surface area contributed by atoms with Gasteiger partial charge >= 0.3 is 0 Å². The molecule has 1 N–H and O–H groups in total. The largest absolute Gasteiger partial charge is 0.353 e. The second-order valence-corrected chi connectivity index (χ2v) is 28.1. The van der Waals surface area contributed by atoms with Crippen LogP contribution >= 0.6 is 15.9 Å². The van der Waals surface area contributed by atoms with Crippen molar-refractivity contribution in [1.29, 1.82) is 0 Å². The minimum Gasteiger partial charge on any atom is -0.353 e. The Kier molecular flexibility index (Phi) is 18.7. The van der Waals surface area contributed by atoms with Gasteiger partial charge in [-0.2, -0.15) is 0 Å². The van der Waals surface area contributed by atoms with Gasteiger partial charge in [-0.25, -0.2) is 0 Å². The Morgan fingerprint density at radius 2 is 0.587 bits per heavy atom. The van der Waals surface area contributed by atoms with Gasteiger partial charge in [-0.3, -0.25) is 0 Å². The summed E-state index contributed by atoms with van der Waals surface area (Å²) in [5, 5.41) is 12.2. The van der Waals surface area contributed by atoms with Crippen LogP contribution in [0.4, 0.5) is 34.1 Å². The zero-order valence-electron chi connectivity index (χ0n) is 59.8. The first-order valence-electron chi connectivity index (χ1n) is 37.1. The maximum absolute atomic E-state index is 3.87. The monoisotopic (exact) mass is 1460 g/mol. The van der Waals surface area contributed by atoms with Crippen LogP contribution in [0.1, 0.15) is 0 Å². The number of halogens is 1. The van der Waals surface area contributed by atoms with Crippen LogP contribution in [0.5, 0.6) is 0 Å². The molecule has 2 aromatic heterocycles. The molecule has 0 spiro atoms. The number of hydrogen-bond acceptors (Lipinski definition) is 2. The SMILES string of the molecule is Brc1ccccc1.c1ccc(-c2[nH]c3c(ccc4c(-c5ccc(N(c6ccccc6)c6cccc7ccccc67)cc5)cccc43)c2-c2ccccc2)cc1.c1ccc(-c2c(-c3ccccc3)n(-c3ccccc3)c3c2ccc2c(-c4ccc(N(c5ccccc5)c5cccc6ccccc56)cc4)cccc23)cc1. The molecule has 2 heterocycles. The fourth-order valence-electron chi connectivity index (χ4n) is 15.8. The van der Waals surface area contributed by atoms with Gasteiger partial charge in [0.15, 0.2) is 0 Å². The number of nitrogens with zero attached hydrogens (tertiary/aromatic N) is 3. The van der Waals surface area contributed by atoms with Crippen molar-refractivity contribution >= 4 is 115 Å². The molecule has 0 fully saturated rings. The number of H-pyrrole nitrogens is 1. The normalized spacial score (nSPS) is 11.2. The van der Waals surface area contributed by atoms with Crippen LogP contribution in [0.15, 0.2) is 441 Å². The third kappa shape index (κ3) is 13.2. The molecule has 0 radical (unpaired) electrons. The van der Waals surface area contributed by atoms with Gasteiger partial charge in [-0.1, -0.05) is 368 Å². The number of benzene rings is 18. The maximum atomic E-state index is 3.87. The molecule has 0 aliphatic heterocycles. The van der Waals surface area contributed by atoms with Crippen molar-refractivity contribution in [3.63, 3.8) is 0 Å².